The molecule has 4 rings (SSSR count). The maximum Gasteiger partial charge on any atom is 0.248 e. The standard InChI is InChI=1S/C21H28N4O2S/c26-20(13-16-12-19(22-14-16)21(27)25-10-11-28-15-25)23-17-4-6-18(7-5-17)24-8-2-1-3-9-24/h4-7,13,19,22H,1-3,8-12,14-15H2,(H,23,26). The van der Waals surface area contributed by atoms with Gasteiger partial charge in [0.25, 0.3) is 0 Å². The molecule has 1 unspecified atom stereocenters. The molecule has 0 saturated carbocycles. The highest BCUT2D eigenvalue weighted by atomic mass is 32.2. The number of thioether (sulfide) groups is 1. The molecule has 2 amide bonds. The number of piperidine rings is 1. The molecule has 28 heavy (non-hydrogen) atoms. The van der Waals surface area contributed by atoms with Crippen LogP contribution in [0.25, 0.3) is 0 Å². The average molecular weight is 401 g/mol. The number of rotatable bonds is 4. The fourth-order valence-electron chi connectivity index (χ4n) is 4.03. The molecule has 3 saturated heterocycles. The first-order valence-electron chi connectivity index (χ1n) is 10.1. The normalized spacial score (nSPS) is 24.0. The molecule has 3 aliphatic rings. The molecule has 2 N–H and O–H groups in total. The van der Waals surface area contributed by atoms with Gasteiger partial charge < -0.3 is 20.4 Å². The van der Waals surface area contributed by atoms with Gasteiger partial charge in [0, 0.05) is 49.4 Å². The molecule has 0 aliphatic carbocycles. The van der Waals surface area contributed by atoms with Crippen LogP contribution in [0.5, 0.6) is 0 Å². The minimum absolute atomic E-state index is 0.132. The van der Waals surface area contributed by atoms with Gasteiger partial charge >= 0.3 is 0 Å². The highest BCUT2D eigenvalue weighted by molar-refractivity contribution is 7.99. The quantitative estimate of drug-likeness (QED) is 0.760. The summed E-state index contributed by atoms with van der Waals surface area (Å²) in [7, 11) is 0. The van der Waals surface area contributed by atoms with Gasteiger partial charge in [-0.3, -0.25) is 9.59 Å². The van der Waals surface area contributed by atoms with Crippen molar-refractivity contribution in [1.82, 2.24) is 10.2 Å². The van der Waals surface area contributed by atoms with Crippen LogP contribution in [0, 0.1) is 0 Å². The first-order valence-corrected chi connectivity index (χ1v) is 11.3. The zero-order valence-electron chi connectivity index (χ0n) is 16.2. The number of nitrogens with zero attached hydrogens (tertiary/aromatic N) is 2. The van der Waals surface area contributed by atoms with Gasteiger partial charge in [0.15, 0.2) is 0 Å². The Hall–Kier alpha value is -1.99. The van der Waals surface area contributed by atoms with Crippen LogP contribution in [-0.2, 0) is 9.59 Å². The van der Waals surface area contributed by atoms with Crippen molar-refractivity contribution in [2.24, 2.45) is 0 Å². The summed E-state index contributed by atoms with van der Waals surface area (Å²) < 4.78 is 0. The number of hydrogen-bond donors (Lipinski definition) is 2. The van der Waals surface area contributed by atoms with Crippen molar-refractivity contribution >= 4 is 35.0 Å². The van der Waals surface area contributed by atoms with E-state index in [1.807, 2.05) is 17.0 Å². The van der Waals surface area contributed by atoms with Gasteiger partial charge in [0.2, 0.25) is 11.8 Å². The van der Waals surface area contributed by atoms with Gasteiger partial charge in [-0.25, -0.2) is 0 Å². The smallest absolute Gasteiger partial charge is 0.248 e. The van der Waals surface area contributed by atoms with Crippen molar-refractivity contribution in [3.05, 3.63) is 35.9 Å². The van der Waals surface area contributed by atoms with Gasteiger partial charge in [0.05, 0.1) is 11.9 Å². The fraction of sp³-hybridized carbons (Fsp3) is 0.524. The Balaban J connectivity index is 1.29. The monoisotopic (exact) mass is 400 g/mol. The van der Waals surface area contributed by atoms with Gasteiger partial charge in [-0.05, 0) is 55.5 Å². The van der Waals surface area contributed by atoms with E-state index in [4.69, 9.17) is 0 Å². The second-order valence-electron chi connectivity index (χ2n) is 7.66. The zero-order chi connectivity index (χ0) is 19.3. The van der Waals surface area contributed by atoms with Crippen LogP contribution in [0.1, 0.15) is 25.7 Å². The van der Waals surface area contributed by atoms with Crippen LogP contribution < -0.4 is 15.5 Å². The molecule has 1 aromatic carbocycles. The minimum Gasteiger partial charge on any atom is -0.372 e. The SMILES string of the molecule is O=C(C=C1CNC(C(=O)N2CCSC2)C1)Nc1ccc(N2CCCCC2)cc1. The lowest BCUT2D eigenvalue weighted by Crippen LogP contribution is -2.42. The Kier molecular flexibility index (Phi) is 6.22. The van der Waals surface area contributed by atoms with Crippen LogP contribution in [-0.4, -0.2) is 60.6 Å². The molecule has 0 spiro atoms. The molecule has 0 radical (unpaired) electrons. The number of benzene rings is 1. The fourth-order valence-corrected chi connectivity index (χ4v) is 4.98. The van der Waals surface area contributed by atoms with Crippen molar-refractivity contribution in [3.63, 3.8) is 0 Å². The summed E-state index contributed by atoms with van der Waals surface area (Å²) in [6.07, 6.45) is 6.07. The number of carbonyl (C=O) groups is 2. The van der Waals surface area contributed by atoms with Crippen molar-refractivity contribution in [2.45, 2.75) is 31.7 Å². The molecule has 0 aromatic heterocycles. The van der Waals surface area contributed by atoms with E-state index in [2.05, 4.69) is 27.7 Å². The second-order valence-corrected chi connectivity index (χ2v) is 8.74. The summed E-state index contributed by atoms with van der Waals surface area (Å²) >= 11 is 1.79. The van der Waals surface area contributed by atoms with Crippen LogP contribution >= 0.6 is 11.8 Å². The van der Waals surface area contributed by atoms with E-state index in [0.29, 0.717) is 13.0 Å². The van der Waals surface area contributed by atoms with Crippen LogP contribution in [0.3, 0.4) is 0 Å². The van der Waals surface area contributed by atoms with Crippen molar-refractivity contribution in [3.8, 4) is 0 Å². The molecular formula is C21H28N4O2S. The molecule has 6 nitrogen and oxygen atoms in total. The van der Waals surface area contributed by atoms with Gasteiger partial charge in [-0.15, -0.1) is 11.8 Å². The van der Waals surface area contributed by atoms with E-state index in [-0.39, 0.29) is 17.9 Å². The summed E-state index contributed by atoms with van der Waals surface area (Å²) in [5.41, 5.74) is 3.00. The third-order valence-electron chi connectivity index (χ3n) is 5.60. The number of nitrogens with one attached hydrogen (secondary N) is 2. The number of amides is 2. The third kappa shape index (κ3) is 4.70. The predicted octanol–water partition coefficient (Wildman–Crippen LogP) is 2.44. The minimum atomic E-state index is -0.193. The molecule has 3 fully saturated rings. The van der Waals surface area contributed by atoms with Crippen molar-refractivity contribution in [2.75, 3.05) is 48.0 Å². The maximum absolute atomic E-state index is 12.5. The van der Waals surface area contributed by atoms with Gasteiger partial charge in [-0.1, -0.05) is 0 Å². The van der Waals surface area contributed by atoms with Crippen molar-refractivity contribution < 1.29 is 9.59 Å². The van der Waals surface area contributed by atoms with E-state index in [9.17, 15) is 9.59 Å². The van der Waals surface area contributed by atoms with Crippen molar-refractivity contribution in [1.29, 1.82) is 0 Å². The third-order valence-corrected chi connectivity index (χ3v) is 6.56. The molecule has 3 aliphatic heterocycles. The Morgan fingerprint density at radius 3 is 2.61 bits per heavy atom. The molecule has 3 heterocycles. The Morgan fingerprint density at radius 2 is 1.89 bits per heavy atom. The highest BCUT2D eigenvalue weighted by Crippen LogP contribution is 2.23. The van der Waals surface area contributed by atoms with E-state index in [1.54, 1.807) is 17.8 Å². The topological polar surface area (TPSA) is 64.7 Å². The largest absolute Gasteiger partial charge is 0.372 e. The highest BCUT2D eigenvalue weighted by Gasteiger charge is 2.30. The second kappa shape index (κ2) is 9.01. The van der Waals surface area contributed by atoms with Crippen LogP contribution in [0.2, 0.25) is 0 Å². The average Bonchev–Trinajstić information content (AvgIpc) is 3.41. The summed E-state index contributed by atoms with van der Waals surface area (Å²) in [6, 6.07) is 7.89. The van der Waals surface area contributed by atoms with E-state index in [0.717, 1.165) is 42.5 Å². The number of anilines is 2. The summed E-state index contributed by atoms with van der Waals surface area (Å²) in [6.45, 7) is 3.65. The lowest BCUT2D eigenvalue weighted by molar-refractivity contribution is -0.131. The first-order chi connectivity index (χ1) is 13.7. The maximum atomic E-state index is 12.5. The number of carbonyl (C=O) groups excluding carboxylic acids is 2. The Morgan fingerprint density at radius 1 is 1.11 bits per heavy atom. The van der Waals surface area contributed by atoms with E-state index < -0.39 is 0 Å². The van der Waals surface area contributed by atoms with Gasteiger partial charge in [-0.2, -0.15) is 0 Å². The van der Waals surface area contributed by atoms with Gasteiger partial charge in [0.1, 0.15) is 0 Å². The lowest BCUT2D eigenvalue weighted by Gasteiger charge is -2.28. The Bertz CT molecular complexity index is 737. The molecular weight excluding hydrogens is 372 g/mol. The van der Waals surface area contributed by atoms with Crippen LogP contribution in [0.15, 0.2) is 35.9 Å². The molecule has 1 aromatic rings. The Labute approximate surface area is 170 Å². The molecule has 150 valence electrons. The first kappa shape index (κ1) is 19.3. The van der Waals surface area contributed by atoms with E-state index >= 15 is 0 Å². The van der Waals surface area contributed by atoms with E-state index in [1.165, 1.54) is 24.9 Å². The molecule has 1 atom stereocenters. The number of hydrogen-bond acceptors (Lipinski definition) is 5. The lowest BCUT2D eigenvalue weighted by atomic mass is 10.1. The summed E-state index contributed by atoms with van der Waals surface area (Å²) in [5.74, 6) is 1.82. The summed E-state index contributed by atoms with van der Waals surface area (Å²) in [4.78, 5) is 29.1. The van der Waals surface area contributed by atoms with Crippen LogP contribution in [0.4, 0.5) is 11.4 Å². The molecule has 0 bridgehead atoms. The zero-order valence-corrected chi connectivity index (χ0v) is 17.0. The predicted molar refractivity (Wildman–Crippen MR) is 115 cm³/mol. The molecule has 7 heteroatoms. The summed E-state index contributed by atoms with van der Waals surface area (Å²) in [5, 5.41) is 6.18.